The average molecular weight is 324 g/mol. The number of anilines is 1. The van der Waals surface area contributed by atoms with E-state index in [1.54, 1.807) is 7.11 Å². The molecular weight excluding hydrogens is 296 g/mol. The normalized spacial score (nSPS) is 16.8. The van der Waals surface area contributed by atoms with Gasteiger partial charge in [-0.3, -0.25) is 4.90 Å². The lowest BCUT2D eigenvalue weighted by Crippen LogP contribution is -2.49. The highest BCUT2D eigenvalue weighted by Crippen LogP contribution is 2.19. The van der Waals surface area contributed by atoms with E-state index in [1.165, 1.54) is 17.7 Å². The molecule has 0 spiro atoms. The van der Waals surface area contributed by atoms with Crippen molar-refractivity contribution in [3.63, 3.8) is 0 Å². The summed E-state index contributed by atoms with van der Waals surface area (Å²) in [6, 6.07) is 19.9. The molecule has 0 amide bonds. The maximum atomic E-state index is 5.22. The number of aryl methyl sites for hydroxylation is 1. The van der Waals surface area contributed by atoms with Gasteiger partial charge in [0.2, 0.25) is 0 Å². The Balaban J connectivity index is 1.45. The van der Waals surface area contributed by atoms with E-state index in [9.17, 15) is 0 Å². The SMILES string of the molecule is COc1ccc(CC[C@@H](C)N2CCN(c3ccccc3)CC2)cc1. The Morgan fingerprint density at radius 2 is 1.58 bits per heavy atom. The zero-order valence-corrected chi connectivity index (χ0v) is 14.8. The van der Waals surface area contributed by atoms with Crippen molar-refractivity contribution in [2.24, 2.45) is 0 Å². The molecule has 2 aromatic carbocycles. The molecule has 1 aliphatic heterocycles. The number of hydrogen-bond donors (Lipinski definition) is 0. The maximum absolute atomic E-state index is 5.22. The molecule has 0 N–H and O–H groups in total. The number of para-hydroxylation sites is 1. The van der Waals surface area contributed by atoms with Crippen molar-refractivity contribution < 1.29 is 4.74 Å². The lowest BCUT2D eigenvalue weighted by Gasteiger charge is -2.39. The molecule has 0 radical (unpaired) electrons. The number of ether oxygens (including phenoxy) is 1. The van der Waals surface area contributed by atoms with E-state index < -0.39 is 0 Å². The molecule has 24 heavy (non-hydrogen) atoms. The van der Waals surface area contributed by atoms with Gasteiger partial charge in [0, 0.05) is 37.9 Å². The van der Waals surface area contributed by atoms with Crippen LogP contribution in [0.1, 0.15) is 18.9 Å². The van der Waals surface area contributed by atoms with Crippen LogP contribution in [-0.4, -0.2) is 44.2 Å². The first kappa shape index (κ1) is 16.8. The summed E-state index contributed by atoms with van der Waals surface area (Å²) < 4.78 is 5.22. The summed E-state index contributed by atoms with van der Waals surface area (Å²) in [6.45, 7) is 6.91. The van der Waals surface area contributed by atoms with Gasteiger partial charge < -0.3 is 9.64 Å². The first-order chi connectivity index (χ1) is 11.8. The van der Waals surface area contributed by atoms with E-state index in [0.717, 1.165) is 38.3 Å². The van der Waals surface area contributed by atoms with Crippen LogP contribution in [0.15, 0.2) is 54.6 Å². The molecular formula is C21H28N2O. The summed E-state index contributed by atoms with van der Waals surface area (Å²) in [6.07, 6.45) is 2.34. The standard InChI is InChI=1S/C21H28N2O/c1-18(8-9-19-10-12-21(24-2)13-11-19)22-14-16-23(17-15-22)20-6-4-3-5-7-20/h3-7,10-13,18H,8-9,14-17H2,1-2H3/t18-/m1/s1. The van der Waals surface area contributed by atoms with Crippen molar-refractivity contribution in [3.05, 3.63) is 60.2 Å². The molecule has 3 heteroatoms. The molecule has 2 aromatic rings. The highest BCUT2D eigenvalue weighted by molar-refractivity contribution is 5.46. The molecule has 3 nitrogen and oxygen atoms in total. The number of hydrogen-bond acceptors (Lipinski definition) is 3. The fourth-order valence-electron chi connectivity index (χ4n) is 3.41. The van der Waals surface area contributed by atoms with E-state index in [4.69, 9.17) is 4.74 Å². The average Bonchev–Trinajstić information content (AvgIpc) is 2.67. The van der Waals surface area contributed by atoms with Crippen molar-refractivity contribution in [3.8, 4) is 5.75 Å². The minimum absolute atomic E-state index is 0.630. The molecule has 1 fully saturated rings. The lowest BCUT2D eigenvalue weighted by atomic mass is 10.0. The van der Waals surface area contributed by atoms with Gasteiger partial charge in [-0.1, -0.05) is 30.3 Å². The van der Waals surface area contributed by atoms with Crippen LogP contribution in [0.25, 0.3) is 0 Å². The molecule has 1 atom stereocenters. The van der Waals surface area contributed by atoms with Crippen LogP contribution in [0.3, 0.4) is 0 Å². The number of benzene rings is 2. The van der Waals surface area contributed by atoms with Crippen LogP contribution in [-0.2, 0) is 6.42 Å². The van der Waals surface area contributed by atoms with Crippen molar-refractivity contribution in [2.45, 2.75) is 25.8 Å². The van der Waals surface area contributed by atoms with Gasteiger partial charge >= 0.3 is 0 Å². The summed E-state index contributed by atoms with van der Waals surface area (Å²) in [4.78, 5) is 5.12. The topological polar surface area (TPSA) is 15.7 Å². The summed E-state index contributed by atoms with van der Waals surface area (Å²) >= 11 is 0. The number of piperazine rings is 1. The second-order valence-corrected chi connectivity index (χ2v) is 6.59. The van der Waals surface area contributed by atoms with Gasteiger partial charge in [0.25, 0.3) is 0 Å². The lowest BCUT2D eigenvalue weighted by molar-refractivity contribution is 0.189. The zero-order chi connectivity index (χ0) is 16.8. The maximum Gasteiger partial charge on any atom is 0.118 e. The Morgan fingerprint density at radius 1 is 0.917 bits per heavy atom. The summed E-state index contributed by atoms with van der Waals surface area (Å²) in [7, 11) is 1.71. The minimum Gasteiger partial charge on any atom is -0.497 e. The zero-order valence-electron chi connectivity index (χ0n) is 14.8. The second-order valence-electron chi connectivity index (χ2n) is 6.59. The van der Waals surface area contributed by atoms with E-state index in [-0.39, 0.29) is 0 Å². The van der Waals surface area contributed by atoms with E-state index >= 15 is 0 Å². The highest BCUT2D eigenvalue weighted by atomic mass is 16.5. The molecule has 0 bridgehead atoms. The Bertz CT molecular complexity index is 603. The molecule has 0 unspecified atom stereocenters. The fraction of sp³-hybridized carbons (Fsp3) is 0.429. The van der Waals surface area contributed by atoms with Crippen molar-refractivity contribution in [1.82, 2.24) is 4.90 Å². The van der Waals surface area contributed by atoms with Crippen molar-refractivity contribution in [2.75, 3.05) is 38.2 Å². The fourth-order valence-corrected chi connectivity index (χ4v) is 3.41. The Hall–Kier alpha value is -2.00. The monoisotopic (exact) mass is 324 g/mol. The summed E-state index contributed by atoms with van der Waals surface area (Å²) in [5.74, 6) is 0.934. The molecule has 1 saturated heterocycles. The van der Waals surface area contributed by atoms with Gasteiger partial charge in [-0.15, -0.1) is 0 Å². The second kappa shape index (κ2) is 8.20. The molecule has 128 valence electrons. The first-order valence-electron chi connectivity index (χ1n) is 8.93. The molecule has 0 saturated carbocycles. The van der Waals surface area contributed by atoms with Crippen LogP contribution in [0.2, 0.25) is 0 Å². The van der Waals surface area contributed by atoms with Gasteiger partial charge in [-0.2, -0.15) is 0 Å². The Labute approximate surface area is 145 Å². The van der Waals surface area contributed by atoms with Crippen molar-refractivity contribution in [1.29, 1.82) is 0 Å². The molecule has 0 aromatic heterocycles. The number of rotatable bonds is 6. The van der Waals surface area contributed by atoms with E-state index in [2.05, 4.69) is 71.3 Å². The molecule has 3 rings (SSSR count). The highest BCUT2D eigenvalue weighted by Gasteiger charge is 2.20. The Morgan fingerprint density at radius 3 is 2.21 bits per heavy atom. The molecule has 0 aliphatic carbocycles. The van der Waals surface area contributed by atoms with Crippen LogP contribution < -0.4 is 9.64 Å². The third-order valence-corrected chi connectivity index (χ3v) is 5.07. The summed E-state index contributed by atoms with van der Waals surface area (Å²) in [5.41, 5.74) is 2.74. The van der Waals surface area contributed by atoms with E-state index in [0.29, 0.717) is 6.04 Å². The van der Waals surface area contributed by atoms with Crippen LogP contribution in [0, 0.1) is 0 Å². The summed E-state index contributed by atoms with van der Waals surface area (Å²) in [5, 5.41) is 0. The van der Waals surface area contributed by atoms with Gasteiger partial charge in [0.05, 0.1) is 7.11 Å². The van der Waals surface area contributed by atoms with Gasteiger partial charge in [0.1, 0.15) is 5.75 Å². The number of nitrogens with zero attached hydrogens (tertiary/aromatic N) is 2. The quantitative estimate of drug-likeness (QED) is 0.803. The largest absolute Gasteiger partial charge is 0.497 e. The van der Waals surface area contributed by atoms with Gasteiger partial charge in [-0.05, 0) is 49.6 Å². The Kier molecular flexibility index (Phi) is 5.76. The van der Waals surface area contributed by atoms with Crippen LogP contribution in [0.4, 0.5) is 5.69 Å². The van der Waals surface area contributed by atoms with Gasteiger partial charge in [-0.25, -0.2) is 0 Å². The molecule has 1 aliphatic rings. The predicted octanol–water partition coefficient (Wildman–Crippen LogP) is 3.84. The third kappa shape index (κ3) is 4.30. The van der Waals surface area contributed by atoms with Crippen LogP contribution >= 0.6 is 0 Å². The van der Waals surface area contributed by atoms with Gasteiger partial charge in [0.15, 0.2) is 0 Å². The smallest absolute Gasteiger partial charge is 0.118 e. The van der Waals surface area contributed by atoms with E-state index in [1.807, 2.05) is 0 Å². The number of methoxy groups -OCH3 is 1. The van der Waals surface area contributed by atoms with Crippen molar-refractivity contribution >= 4 is 5.69 Å². The minimum atomic E-state index is 0.630. The third-order valence-electron chi connectivity index (χ3n) is 5.07. The van der Waals surface area contributed by atoms with Crippen LogP contribution in [0.5, 0.6) is 5.75 Å². The first-order valence-corrected chi connectivity index (χ1v) is 8.93. The molecule has 1 heterocycles. The predicted molar refractivity (Wildman–Crippen MR) is 101 cm³/mol.